The van der Waals surface area contributed by atoms with E-state index in [4.69, 9.17) is 5.73 Å². The van der Waals surface area contributed by atoms with Crippen LogP contribution in [-0.2, 0) is 4.79 Å². The Kier molecular flexibility index (Phi) is 6.31. The number of hydrogen-bond acceptors (Lipinski definition) is 4. The number of carbonyl (C=O) groups excluding carboxylic acids is 1. The van der Waals surface area contributed by atoms with E-state index in [2.05, 4.69) is 24.1 Å². The minimum atomic E-state index is -0.643. The summed E-state index contributed by atoms with van der Waals surface area (Å²) >= 11 is 1.73. The van der Waals surface area contributed by atoms with E-state index in [1.54, 1.807) is 24.2 Å². The molecule has 0 aliphatic heterocycles. The number of thioether (sulfide) groups is 1. The fraction of sp³-hybridized carbons (Fsp3) is 0.571. The maximum Gasteiger partial charge on any atom is 0.237 e. The third-order valence-electron chi connectivity index (χ3n) is 2.99. The van der Waals surface area contributed by atoms with Crippen molar-refractivity contribution >= 4 is 17.7 Å². The normalized spacial score (nSPS) is 15.7. The van der Waals surface area contributed by atoms with E-state index in [9.17, 15) is 4.79 Å². The van der Waals surface area contributed by atoms with Crippen molar-refractivity contribution in [1.29, 1.82) is 0 Å². The number of pyridine rings is 1. The molecule has 0 aliphatic carbocycles. The molecule has 1 amide bonds. The van der Waals surface area contributed by atoms with E-state index >= 15 is 0 Å². The second-order valence-corrected chi connectivity index (χ2v) is 6.45. The van der Waals surface area contributed by atoms with Crippen LogP contribution in [0, 0.1) is 0 Å². The van der Waals surface area contributed by atoms with E-state index in [1.165, 1.54) is 0 Å². The number of primary amides is 1. The highest BCUT2D eigenvalue weighted by molar-refractivity contribution is 7.99. The number of rotatable bonds is 8. The lowest BCUT2D eigenvalue weighted by atomic mass is 9.95. The molecule has 1 aromatic rings. The van der Waals surface area contributed by atoms with Gasteiger partial charge in [-0.15, -0.1) is 11.8 Å². The van der Waals surface area contributed by atoms with Crippen molar-refractivity contribution in [2.24, 2.45) is 5.73 Å². The van der Waals surface area contributed by atoms with E-state index in [0.717, 1.165) is 17.9 Å². The van der Waals surface area contributed by atoms with Crippen LogP contribution in [0.2, 0.25) is 0 Å². The van der Waals surface area contributed by atoms with Gasteiger partial charge >= 0.3 is 0 Å². The fourth-order valence-corrected chi connectivity index (χ4v) is 3.09. The molecule has 0 spiro atoms. The van der Waals surface area contributed by atoms with Crippen molar-refractivity contribution in [3.63, 3.8) is 0 Å². The molecular formula is C14H23N3OS. The van der Waals surface area contributed by atoms with E-state index < -0.39 is 5.54 Å². The minimum absolute atomic E-state index is 0.289. The number of carbonyl (C=O) groups is 1. The standard InChI is InChI=1S/C14H23N3OS/c1-4-7-17-14(3,13(15)18)10-11(2)19-12-5-8-16-9-6-12/h5-6,8-9,11,17H,4,7,10H2,1-3H3,(H2,15,18). The van der Waals surface area contributed by atoms with Gasteiger partial charge in [0.1, 0.15) is 0 Å². The molecule has 0 saturated carbocycles. The molecule has 0 aromatic carbocycles. The Balaban J connectivity index is 2.61. The topological polar surface area (TPSA) is 68.0 Å². The first-order chi connectivity index (χ1) is 8.98. The van der Waals surface area contributed by atoms with Gasteiger partial charge in [0.2, 0.25) is 5.91 Å². The van der Waals surface area contributed by atoms with Gasteiger partial charge in [-0.05, 0) is 38.4 Å². The largest absolute Gasteiger partial charge is 0.368 e. The molecule has 1 aromatic heterocycles. The highest BCUT2D eigenvalue weighted by Crippen LogP contribution is 2.28. The molecule has 106 valence electrons. The molecule has 2 unspecified atom stereocenters. The number of nitrogens with one attached hydrogen (secondary N) is 1. The molecule has 5 heteroatoms. The van der Waals surface area contributed by atoms with Gasteiger partial charge in [0.25, 0.3) is 0 Å². The Morgan fingerprint density at radius 2 is 2.16 bits per heavy atom. The quantitative estimate of drug-likeness (QED) is 0.717. The fourth-order valence-electron chi connectivity index (χ4n) is 1.93. The second kappa shape index (κ2) is 7.50. The molecule has 2 atom stereocenters. The molecule has 1 rings (SSSR count). The zero-order valence-corrected chi connectivity index (χ0v) is 12.7. The zero-order valence-electron chi connectivity index (χ0n) is 11.8. The van der Waals surface area contributed by atoms with Crippen molar-refractivity contribution in [1.82, 2.24) is 10.3 Å². The highest BCUT2D eigenvalue weighted by atomic mass is 32.2. The van der Waals surface area contributed by atoms with E-state index in [-0.39, 0.29) is 5.91 Å². The molecule has 1 heterocycles. The molecule has 0 fully saturated rings. The van der Waals surface area contributed by atoms with Crippen LogP contribution < -0.4 is 11.1 Å². The molecule has 0 bridgehead atoms. The summed E-state index contributed by atoms with van der Waals surface area (Å²) in [6.45, 7) is 6.87. The summed E-state index contributed by atoms with van der Waals surface area (Å²) in [5.74, 6) is -0.289. The third kappa shape index (κ3) is 5.20. The van der Waals surface area contributed by atoms with Gasteiger partial charge in [-0.25, -0.2) is 0 Å². The van der Waals surface area contributed by atoms with E-state index in [0.29, 0.717) is 11.7 Å². The molecule has 0 saturated heterocycles. The summed E-state index contributed by atoms with van der Waals surface area (Å²) in [5, 5.41) is 3.56. The Morgan fingerprint density at radius 1 is 1.53 bits per heavy atom. The molecule has 3 N–H and O–H groups in total. The first-order valence-electron chi connectivity index (χ1n) is 6.59. The first-order valence-corrected chi connectivity index (χ1v) is 7.47. The molecule has 0 aliphatic rings. The molecule has 19 heavy (non-hydrogen) atoms. The Labute approximate surface area is 119 Å². The average molecular weight is 281 g/mol. The van der Waals surface area contributed by atoms with Crippen molar-refractivity contribution in [3.05, 3.63) is 24.5 Å². The van der Waals surface area contributed by atoms with Crippen LogP contribution in [0.15, 0.2) is 29.4 Å². The molecule has 4 nitrogen and oxygen atoms in total. The molecule has 0 radical (unpaired) electrons. The van der Waals surface area contributed by atoms with Crippen molar-refractivity contribution in [2.75, 3.05) is 6.54 Å². The van der Waals surface area contributed by atoms with Crippen molar-refractivity contribution in [2.45, 2.75) is 49.3 Å². The minimum Gasteiger partial charge on any atom is -0.368 e. The van der Waals surface area contributed by atoms with Crippen LogP contribution in [0.1, 0.15) is 33.6 Å². The summed E-state index contributed by atoms with van der Waals surface area (Å²) in [6.07, 6.45) is 5.24. The maximum absolute atomic E-state index is 11.7. The van der Waals surface area contributed by atoms with Gasteiger partial charge in [-0.2, -0.15) is 0 Å². The van der Waals surface area contributed by atoms with Crippen molar-refractivity contribution < 1.29 is 4.79 Å². The summed E-state index contributed by atoms with van der Waals surface area (Å²) in [5.41, 5.74) is 4.89. The van der Waals surface area contributed by atoms with Gasteiger partial charge < -0.3 is 11.1 Å². The smallest absolute Gasteiger partial charge is 0.237 e. The summed E-state index contributed by atoms with van der Waals surface area (Å²) < 4.78 is 0. The lowest BCUT2D eigenvalue weighted by molar-refractivity contribution is -0.124. The Hall–Kier alpha value is -1.07. The zero-order chi connectivity index (χ0) is 14.3. The summed E-state index contributed by atoms with van der Waals surface area (Å²) in [7, 11) is 0. The number of nitrogens with zero attached hydrogens (tertiary/aromatic N) is 1. The number of aromatic nitrogens is 1. The van der Waals surface area contributed by atoms with Gasteiger partial charge in [-0.3, -0.25) is 9.78 Å². The number of amides is 1. The monoisotopic (exact) mass is 281 g/mol. The Morgan fingerprint density at radius 3 is 2.68 bits per heavy atom. The summed E-state index contributed by atoms with van der Waals surface area (Å²) in [6, 6.07) is 3.95. The number of hydrogen-bond donors (Lipinski definition) is 2. The Bertz CT molecular complexity index is 399. The highest BCUT2D eigenvalue weighted by Gasteiger charge is 2.32. The maximum atomic E-state index is 11.7. The molecular weight excluding hydrogens is 258 g/mol. The first kappa shape index (κ1) is 16.0. The average Bonchev–Trinajstić information content (AvgIpc) is 2.37. The van der Waals surface area contributed by atoms with Gasteiger partial charge in [0, 0.05) is 22.5 Å². The SMILES string of the molecule is CCCNC(C)(CC(C)Sc1ccncc1)C(N)=O. The van der Waals surface area contributed by atoms with Crippen LogP contribution in [-0.4, -0.2) is 28.2 Å². The predicted octanol–water partition coefficient (Wildman–Crippen LogP) is 2.20. The van der Waals surface area contributed by atoms with Crippen LogP contribution >= 0.6 is 11.8 Å². The van der Waals surface area contributed by atoms with Gasteiger partial charge in [-0.1, -0.05) is 13.8 Å². The second-order valence-electron chi connectivity index (χ2n) is 4.94. The van der Waals surface area contributed by atoms with Crippen LogP contribution in [0.4, 0.5) is 0 Å². The van der Waals surface area contributed by atoms with Gasteiger partial charge in [0.15, 0.2) is 0 Å². The number of nitrogens with two attached hydrogens (primary N) is 1. The van der Waals surface area contributed by atoms with E-state index in [1.807, 2.05) is 19.1 Å². The van der Waals surface area contributed by atoms with Crippen LogP contribution in [0.3, 0.4) is 0 Å². The van der Waals surface area contributed by atoms with Crippen molar-refractivity contribution in [3.8, 4) is 0 Å². The van der Waals surface area contributed by atoms with Crippen LogP contribution in [0.25, 0.3) is 0 Å². The lowest BCUT2D eigenvalue weighted by Gasteiger charge is -2.30. The summed E-state index contributed by atoms with van der Waals surface area (Å²) in [4.78, 5) is 16.8. The lowest BCUT2D eigenvalue weighted by Crippen LogP contribution is -2.54. The van der Waals surface area contributed by atoms with Gasteiger partial charge in [0.05, 0.1) is 5.54 Å². The van der Waals surface area contributed by atoms with Crippen LogP contribution in [0.5, 0.6) is 0 Å². The predicted molar refractivity (Wildman–Crippen MR) is 80.1 cm³/mol. The third-order valence-corrected chi connectivity index (χ3v) is 4.11.